The number of carbonyl (C=O) groups is 5. The highest BCUT2D eigenvalue weighted by Crippen LogP contribution is 2.06. The number of aliphatic hydroxyl groups excluding tert-OH is 2. The average molecular weight is 467 g/mol. The molecule has 4 amide bonds. The Morgan fingerprint density at radius 2 is 1.36 bits per heavy atom. The largest absolute Gasteiger partial charge is 0.480 e. The van der Waals surface area contributed by atoms with Gasteiger partial charge >= 0.3 is 5.97 Å². The van der Waals surface area contributed by atoms with Crippen molar-refractivity contribution in [2.24, 2.45) is 11.5 Å². The Balaban J connectivity index is 3.01. The summed E-state index contributed by atoms with van der Waals surface area (Å²) in [7, 11) is 0. The van der Waals surface area contributed by atoms with Crippen molar-refractivity contribution in [3.63, 3.8) is 0 Å². The van der Waals surface area contributed by atoms with Crippen LogP contribution in [0.15, 0.2) is 30.3 Å². The molecule has 0 unspecified atom stereocenters. The van der Waals surface area contributed by atoms with E-state index in [0.717, 1.165) is 0 Å². The number of carboxylic acids is 1. The van der Waals surface area contributed by atoms with Crippen molar-refractivity contribution in [3.05, 3.63) is 35.9 Å². The van der Waals surface area contributed by atoms with E-state index in [2.05, 4.69) is 16.0 Å². The second kappa shape index (κ2) is 13.8. The molecule has 13 nitrogen and oxygen atoms in total. The molecular formula is C20H29N5O8. The summed E-state index contributed by atoms with van der Waals surface area (Å²) in [6.45, 7) is -1.52. The van der Waals surface area contributed by atoms with E-state index in [9.17, 15) is 34.2 Å². The van der Waals surface area contributed by atoms with E-state index in [1.54, 1.807) is 30.3 Å². The van der Waals surface area contributed by atoms with E-state index in [1.165, 1.54) is 0 Å². The molecule has 10 N–H and O–H groups in total. The fraction of sp³-hybridized carbons (Fsp3) is 0.450. The molecule has 0 aliphatic heterocycles. The molecule has 0 spiro atoms. The highest BCUT2D eigenvalue weighted by atomic mass is 16.4. The molecular weight excluding hydrogens is 438 g/mol. The first-order chi connectivity index (χ1) is 15.6. The van der Waals surface area contributed by atoms with E-state index in [0.29, 0.717) is 5.56 Å². The molecule has 0 aliphatic rings. The molecule has 33 heavy (non-hydrogen) atoms. The van der Waals surface area contributed by atoms with Gasteiger partial charge < -0.3 is 42.7 Å². The van der Waals surface area contributed by atoms with Crippen LogP contribution in [0.3, 0.4) is 0 Å². The van der Waals surface area contributed by atoms with E-state index in [-0.39, 0.29) is 19.3 Å². The fourth-order valence-corrected chi connectivity index (χ4v) is 2.70. The van der Waals surface area contributed by atoms with Gasteiger partial charge in [-0.25, -0.2) is 4.79 Å². The number of carbonyl (C=O) groups excluding carboxylic acids is 4. The second-order valence-corrected chi connectivity index (χ2v) is 7.19. The van der Waals surface area contributed by atoms with Gasteiger partial charge in [0.25, 0.3) is 0 Å². The molecule has 0 saturated carbocycles. The Morgan fingerprint density at radius 1 is 0.818 bits per heavy atom. The highest BCUT2D eigenvalue weighted by Gasteiger charge is 2.30. The molecule has 0 fully saturated rings. The predicted octanol–water partition coefficient (Wildman–Crippen LogP) is -3.65. The number of hydrogen-bond donors (Lipinski definition) is 8. The maximum Gasteiger partial charge on any atom is 0.326 e. The quantitative estimate of drug-likeness (QED) is 0.134. The van der Waals surface area contributed by atoms with Crippen LogP contribution in [0.2, 0.25) is 0 Å². The minimum absolute atomic E-state index is 0.0389. The third-order valence-electron chi connectivity index (χ3n) is 4.56. The van der Waals surface area contributed by atoms with Crippen molar-refractivity contribution in [3.8, 4) is 0 Å². The van der Waals surface area contributed by atoms with Crippen molar-refractivity contribution in [1.29, 1.82) is 0 Å². The SMILES string of the molecule is NC(=O)CC[C@H](NC(=O)[C@H](Cc1ccccc1)NC(=O)[C@H](CO)NC(=O)[C@@H](N)CO)C(=O)O. The van der Waals surface area contributed by atoms with E-state index in [4.69, 9.17) is 16.6 Å². The fourth-order valence-electron chi connectivity index (χ4n) is 2.70. The predicted molar refractivity (Wildman–Crippen MR) is 114 cm³/mol. The van der Waals surface area contributed by atoms with Crippen LogP contribution in [-0.2, 0) is 30.4 Å². The molecule has 0 saturated heterocycles. The summed E-state index contributed by atoms with van der Waals surface area (Å²) in [6.07, 6.45) is -0.573. The van der Waals surface area contributed by atoms with Crippen molar-refractivity contribution >= 4 is 29.6 Å². The van der Waals surface area contributed by atoms with Crippen LogP contribution in [0, 0.1) is 0 Å². The molecule has 0 heterocycles. The first-order valence-electron chi connectivity index (χ1n) is 10.0. The van der Waals surface area contributed by atoms with Gasteiger partial charge in [0.2, 0.25) is 23.6 Å². The first kappa shape index (κ1) is 27.5. The van der Waals surface area contributed by atoms with Crippen molar-refractivity contribution < 1.29 is 39.3 Å². The van der Waals surface area contributed by atoms with E-state index >= 15 is 0 Å². The van der Waals surface area contributed by atoms with Gasteiger partial charge in [-0.15, -0.1) is 0 Å². The smallest absolute Gasteiger partial charge is 0.326 e. The zero-order chi connectivity index (χ0) is 25.0. The zero-order valence-electron chi connectivity index (χ0n) is 17.8. The van der Waals surface area contributed by atoms with Gasteiger partial charge in [-0.1, -0.05) is 30.3 Å². The number of aliphatic hydroxyl groups is 2. The monoisotopic (exact) mass is 467 g/mol. The third kappa shape index (κ3) is 9.64. The summed E-state index contributed by atoms with van der Waals surface area (Å²) in [4.78, 5) is 59.7. The zero-order valence-corrected chi connectivity index (χ0v) is 17.8. The lowest BCUT2D eigenvalue weighted by atomic mass is 10.0. The van der Waals surface area contributed by atoms with E-state index < -0.39 is 67.0 Å². The Kier molecular flexibility index (Phi) is 11.5. The van der Waals surface area contributed by atoms with Crippen LogP contribution < -0.4 is 27.4 Å². The van der Waals surface area contributed by atoms with Crippen LogP contribution in [-0.4, -0.2) is 82.3 Å². The summed E-state index contributed by atoms with van der Waals surface area (Å²) >= 11 is 0. The first-order valence-corrected chi connectivity index (χ1v) is 10.0. The number of primary amides is 1. The Morgan fingerprint density at radius 3 is 1.88 bits per heavy atom. The Bertz CT molecular complexity index is 835. The average Bonchev–Trinajstić information content (AvgIpc) is 2.78. The molecule has 1 aromatic rings. The lowest BCUT2D eigenvalue weighted by molar-refractivity contribution is -0.142. The highest BCUT2D eigenvalue weighted by molar-refractivity contribution is 5.94. The molecule has 4 atom stereocenters. The Hall–Kier alpha value is -3.55. The Labute approximate surface area is 189 Å². The second-order valence-electron chi connectivity index (χ2n) is 7.19. The number of nitrogens with two attached hydrogens (primary N) is 2. The number of nitrogens with one attached hydrogen (secondary N) is 3. The number of amides is 4. The molecule has 0 aromatic heterocycles. The van der Waals surface area contributed by atoms with Gasteiger partial charge in [0.05, 0.1) is 13.2 Å². The minimum atomic E-state index is -1.48. The van der Waals surface area contributed by atoms with Gasteiger partial charge in [-0.2, -0.15) is 0 Å². The normalized spacial score (nSPS) is 14.3. The van der Waals surface area contributed by atoms with Crippen LogP contribution in [0.4, 0.5) is 0 Å². The molecule has 1 rings (SSSR count). The molecule has 1 aromatic carbocycles. The molecule has 182 valence electrons. The summed E-state index contributed by atoms with van der Waals surface area (Å²) in [6, 6.07) is 2.98. The van der Waals surface area contributed by atoms with Gasteiger partial charge in [0.15, 0.2) is 0 Å². The maximum absolute atomic E-state index is 12.8. The number of benzene rings is 1. The van der Waals surface area contributed by atoms with Gasteiger partial charge in [0, 0.05) is 12.8 Å². The number of hydrogen-bond acceptors (Lipinski definition) is 8. The molecule has 0 aliphatic carbocycles. The summed E-state index contributed by atoms with van der Waals surface area (Å²) in [5.41, 5.74) is 11.0. The van der Waals surface area contributed by atoms with E-state index in [1.807, 2.05) is 0 Å². The van der Waals surface area contributed by atoms with Crippen LogP contribution in [0.1, 0.15) is 18.4 Å². The van der Waals surface area contributed by atoms with Crippen LogP contribution >= 0.6 is 0 Å². The maximum atomic E-state index is 12.8. The van der Waals surface area contributed by atoms with Crippen LogP contribution in [0.25, 0.3) is 0 Å². The lowest BCUT2D eigenvalue weighted by Gasteiger charge is -2.24. The van der Waals surface area contributed by atoms with Crippen molar-refractivity contribution in [1.82, 2.24) is 16.0 Å². The number of rotatable bonds is 14. The van der Waals surface area contributed by atoms with Gasteiger partial charge in [-0.05, 0) is 12.0 Å². The summed E-state index contributed by atoms with van der Waals surface area (Å²) in [5, 5.41) is 34.5. The van der Waals surface area contributed by atoms with Crippen LogP contribution in [0.5, 0.6) is 0 Å². The lowest BCUT2D eigenvalue weighted by Crippen LogP contribution is -2.58. The molecule has 0 radical (unpaired) electrons. The number of carboxylic acid groups (broad SMARTS) is 1. The van der Waals surface area contributed by atoms with Gasteiger partial charge in [0.1, 0.15) is 24.2 Å². The minimum Gasteiger partial charge on any atom is -0.480 e. The number of aliphatic carboxylic acids is 1. The topological polar surface area (TPSA) is 234 Å². The van der Waals surface area contributed by atoms with Crippen molar-refractivity contribution in [2.75, 3.05) is 13.2 Å². The standard InChI is InChI=1S/C20H29N5O8/c21-12(9-26)17(29)25-15(10-27)19(31)24-14(8-11-4-2-1-3-5-11)18(30)23-13(20(32)33)6-7-16(22)28/h1-5,12-15,26-27H,6-10,21H2,(H2,22,28)(H,23,30)(H,24,31)(H,25,29)(H,32,33)/t12-,13-,14-,15-/m0/s1. The molecule has 0 bridgehead atoms. The third-order valence-corrected chi connectivity index (χ3v) is 4.56. The summed E-state index contributed by atoms with van der Waals surface area (Å²) in [5.74, 6) is -4.83. The van der Waals surface area contributed by atoms with Gasteiger partial charge in [-0.3, -0.25) is 19.2 Å². The van der Waals surface area contributed by atoms with Crippen molar-refractivity contribution in [2.45, 2.75) is 43.4 Å². The molecule has 13 heteroatoms. The summed E-state index contributed by atoms with van der Waals surface area (Å²) < 4.78 is 0.